The van der Waals surface area contributed by atoms with Gasteiger partial charge in [-0.25, -0.2) is 0 Å². The first kappa shape index (κ1) is 9.66. The van der Waals surface area contributed by atoms with E-state index in [0.717, 1.165) is 42.6 Å². The van der Waals surface area contributed by atoms with Gasteiger partial charge in [0, 0.05) is 17.7 Å². The van der Waals surface area contributed by atoms with Crippen LogP contribution in [-0.2, 0) is 11.3 Å². The topological polar surface area (TPSA) is 53.1 Å². The lowest BCUT2D eigenvalue weighted by atomic mass is 10.2. The molecule has 1 fully saturated rings. The van der Waals surface area contributed by atoms with Gasteiger partial charge in [-0.2, -0.15) is 5.10 Å². The third-order valence-electron chi connectivity index (χ3n) is 3.07. The number of fused-ring (bicyclic) bond motifs is 1. The summed E-state index contributed by atoms with van der Waals surface area (Å²) in [5.41, 5.74) is 7.66. The average molecular weight is 217 g/mol. The molecule has 2 heterocycles. The van der Waals surface area contributed by atoms with E-state index in [1.54, 1.807) is 0 Å². The molecule has 1 aromatic heterocycles. The van der Waals surface area contributed by atoms with Crippen molar-refractivity contribution < 1.29 is 4.74 Å². The number of nitrogens with zero attached hydrogens (tertiary/aromatic N) is 2. The Bertz CT molecular complexity index is 500. The molecule has 0 aliphatic carbocycles. The third kappa shape index (κ3) is 1.65. The van der Waals surface area contributed by atoms with Crippen molar-refractivity contribution in [3.8, 4) is 0 Å². The lowest BCUT2D eigenvalue weighted by Gasteiger charge is -2.10. The molecule has 0 amide bonds. The predicted octanol–water partition coefficient (Wildman–Crippen LogP) is 1.80. The van der Waals surface area contributed by atoms with Gasteiger partial charge in [0.2, 0.25) is 0 Å². The predicted molar refractivity (Wildman–Crippen MR) is 63.1 cm³/mol. The van der Waals surface area contributed by atoms with Gasteiger partial charge in [-0.3, -0.25) is 4.68 Å². The Labute approximate surface area is 94.0 Å². The molecule has 1 atom stereocenters. The second kappa shape index (κ2) is 3.79. The molecular formula is C12H15N3O. The maximum absolute atomic E-state index is 5.79. The van der Waals surface area contributed by atoms with E-state index in [9.17, 15) is 0 Å². The molecule has 0 saturated carbocycles. The highest BCUT2D eigenvalue weighted by atomic mass is 16.5. The van der Waals surface area contributed by atoms with Crippen LogP contribution in [0.1, 0.15) is 12.8 Å². The zero-order valence-electron chi connectivity index (χ0n) is 9.10. The number of anilines is 1. The Balaban J connectivity index is 1.93. The fraction of sp³-hybridized carbons (Fsp3) is 0.417. The van der Waals surface area contributed by atoms with E-state index in [1.165, 1.54) is 0 Å². The molecule has 4 heteroatoms. The normalized spacial score (nSPS) is 20.6. The van der Waals surface area contributed by atoms with Crippen molar-refractivity contribution in [3.05, 3.63) is 24.4 Å². The molecule has 3 rings (SSSR count). The van der Waals surface area contributed by atoms with Crippen LogP contribution >= 0.6 is 0 Å². The minimum Gasteiger partial charge on any atom is -0.399 e. The van der Waals surface area contributed by atoms with Crippen molar-refractivity contribution in [1.82, 2.24) is 9.78 Å². The van der Waals surface area contributed by atoms with Crippen LogP contribution in [0.3, 0.4) is 0 Å². The Kier molecular flexibility index (Phi) is 2.29. The summed E-state index contributed by atoms with van der Waals surface area (Å²) in [5.74, 6) is 0. The number of hydrogen-bond donors (Lipinski definition) is 1. The van der Waals surface area contributed by atoms with E-state index in [0.29, 0.717) is 6.10 Å². The van der Waals surface area contributed by atoms with Crippen molar-refractivity contribution >= 4 is 16.6 Å². The quantitative estimate of drug-likeness (QED) is 0.780. The SMILES string of the molecule is Nc1ccc2cnn(CC3CCCO3)c2c1. The molecule has 2 N–H and O–H groups in total. The molecule has 1 aromatic carbocycles. The number of ether oxygens (including phenoxy) is 1. The molecule has 16 heavy (non-hydrogen) atoms. The van der Waals surface area contributed by atoms with Gasteiger partial charge in [0.25, 0.3) is 0 Å². The molecule has 4 nitrogen and oxygen atoms in total. The summed E-state index contributed by atoms with van der Waals surface area (Å²) >= 11 is 0. The number of rotatable bonds is 2. The number of nitrogens with two attached hydrogens (primary N) is 1. The second-order valence-electron chi connectivity index (χ2n) is 4.28. The van der Waals surface area contributed by atoms with E-state index < -0.39 is 0 Å². The number of aromatic nitrogens is 2. The van der Waals surface area contributed by atoms with Crippen LogP contribution in [0, 0.1) is 0 Å². The highest BCUT2D eigenvalue weighted by Gasteiger charge is 2.17. The van der Waals surface area contributed by atoms with Crippen LogP contribution in [0.25, 0.3) is 10.9 Å². The fourth-order valence-corrected chi connectivity index (χ4v) is 2.21. The van der Waals surface area contributed by atoms with Gasteiger partial charge in [0.15, 0.2) is 0 Å². The molecule has 0 bridgehead atoms. The van der Waals surface area contributed by atoms with Crippen molar-refractivity contribution in [1.29, 1.82) is 0 Å². The maximum Gasteiger partial charge on any atom is 0.0772 e. The molecular weight excluding hydrogens is 202 g/mol. The van der Waals surface area contributed by atoms with E-state index in [-0.39, 0.29) is 0 Å². The Morgan fingerprint density at radius 3 is 3.25 bits per heavy atom. The summed E-state index contributed by atoms with van der Waals surface area (Å²) in [5, 5.41) is 5.51. The molecule has 1 aliphatic rings. The van der Waals surface area contributed by atoms with Gasteiger partial charge in [0.1, 0.15) is 0 Å². The number of benzene rings is 1. The highest BCUT2D eigenvalue weighted by molar-refractivity contribution is 5.81. The van der Waals surface area contributed by atoms with Crippen molar-refractivity contribution in [2.24, 2.45) is 0 Å². The van der Waals surface area contributed by atoms with Crippen molar-refractivity contribution in [2.75, 3.05) is 12.3 Å². The van der Waals surface area contributed by atoms with Crippen LogP contribution in [0.4, 0.5) is 5.69 Å². The maximum atomic E-state index is 5.79. The van der Waals surface area contributed by atoms with E-state index >= 15 is 0 Å². The van der Waals surface area contributed by atoms with Gasteiger partial charge in [0.05, 0.1) is 24.4 Å². The van der Waals surface area contributed by atoms with Crippen LogP contribution in [0.2, 0.25) is 0 Å². The van der Waals surface area contributed by atoms with Crippen LogP contribution in [-0.4, -0.2) is 22.5 Å². The molecule has 0 spiro atoms. The zero-order valence-corrected chi connectivity index (χ0v) is 9.10. The first-order chi connectivity index (χ1) is 7.83. The number of hydrogen-bond acceptors (Lipinski definition) is 3. The van der Waals surface area contributed by atoms with Crippen LogP contribution < -0.4 is 5.73 Å². The lowest BCUT2D eigenvalue weighted by molar-refractivity contribution is 0.0951. The Hall–Kier alpha value is -1.55. The Morgan fingerprint density at radius 1 is 1.50 bits per heavy atom. The summed E-state index contributed by atoms with van der Waals surface area (Å²) in [4.78, 5) is 0. The molecule has 2 aromatic rings. The van der Waals surface area contributed by atoms with Gasteiger partial charge in [-0.15, -0.1) is 0 Å². The van der Waals surface area contributed by atoms with Crippen LogP contribution in [0.5, 0.6) is 0 Å². The van der Waals surface area contributed by atoms with E-state index in [4.69, 9.17) is 10.5 Å². The average Bonchev–Trinajstić information content (AvgIpc) is 2.90. The van der Waals surface area contributed by atoms with Gasteiger partial charge < -0.3 is 10.5 Å². The minimum atomic E-state index is 0.310. The smallest absolute Gasteiger partial charge is 0.0772 e. The monoisotopic (exact) mass is 217 g/mol. The van der Waals surface area contributed by atoms with Crippen molar-refractivity contribution in [2.45, 2.75) is 25.5 Å². The van der Waals surface area contributed by atoms with Gasteiger partial charge in [-0.05, 0) is 31.0 Å². The summed E-state index contributed by atoms with van der Waals surface area (Å²) in [6.45, 7) is 1.71. The standard InChI is InChI=1S/C12H15N3O/c13-10-4-3-9-7-14-15(12(9)6-10)8-11-2-1-5-16-11/h3-4,6-7,11H,1-2,5,8,13H2. The third-order valence-corrected chi connectivity index (χ3v) is 3.07. The van der Waals surface area contributed by atoms with Gasteiger partial charge in [-0.1, -0.05) is 0 Å². The van der Waals surface area contributed by atoms with E-state index in [2.05, 4.69) is 5.10 Å². The second-order valence-corrected chi connectivity index (χ2v) is 4.28. The zero-order chi connectivity index (χ0) is 11.0. The van der Waals surface area contributed by atoms with Crippen LogP contribution in [0.15, 0.2) is 24.4 Å². The summed E-state index contributed by atoms with van der Waals surface area (Å²) in [6.07, 6.45) is 4.48. The molecule has 1 saturated heterocycles. The highest BCUT2D eigenvalue weighted by Crippen LogP contribution is 2.20. The largest absolute Gasteiger partial charge is 0.399 e. The van der Waals surface area contributed by atoms with E-state index in [1.807, 2.05) is 29.1 Å². The first-order valence-electron chi connectivity index (χ1n) is 5.65. The van der Waals surface area contributed by atoms with Crippen molar-refractivity contribution in [3.63, 3.8) is 0 Å². The molecule has 1 unspecified atom stereocenters. The fourth-order valence-electron chi connectivity index (χ4n) is 2.21. The minimum absolute atomic E-state index is 0.310. The molecule has 84 valence electrons. The van der Waals surface area contributed by atoms with Gasteiger partial charge >= 0.3 is 0 Å². The number of nitrogen functional groups attached to an aromatic ring is 1. The Morgan fingerprint density at radius 2 is 2.44 bits per heavy atom. The molecule has 0 radical (unpaired) electrons. The lowest BCUT2D eigenvalue weighted by Crippen LogP contribution is -2.15. The summed E-state index contributed by atoms with van der Waals surface area (Å²) < 4.78 is 7.60. The molecule has 1 aliphatic heterocycles. The first-order valence-corrected chi connectivity index (χ1v) is 5.65. The summed E-state index contributed by atoms with van der Waals surface area (Å²) in [6, 6.07) is 5.88. The summed E-state index contributed by atoms with van der Waals surface area (Å²) in [7, 11) is 0.